The molecule has 18 heavy (non-hydrogen) atoms. The highest BCUT2D eigenvalue weighted by Gasteiger charge is 2.06. The second-order valence-electron chi connectivity index (χ2n) is 3.43. The smallest absolute Gasteiger partial charge is 0.258 e. The summed E-state index contributed by atoms with van der Waals surface area (Å²) in [7, 11) is 0. The van der Waals surface area contributed by atoms with Gasteiger partial charge in [-0.15, -0.1) is 0 Å². The normalized spacial score (nSPS) is 10.5. The van der Waals surface area contributed by atoms with Gasteiger partial charge in [0.25, 0.3) is 5.95 Å². The predicted molar refractivity (Wildman–Crippen MR) is 70.6 cm³/mol. The van der Waals surface area contributed by atoms with Gasteiger partial charge in [0.15, 0.2) is 0 Å². The molecule has 0 aromatic carbocycles. The quantitative estimate of drug-likeness (QED) is 0.714. The Morgan fingerprint density at radius 2 is 2.28 bits per heavy atom. The second-order valence-corrected chi connectivity index (χ2v) is 4.42. The van der Waals surface area contributed by atoms with Crippen LogP contribution in [0.1, 0.15) is 6.42 Å². The van der Waals surface area contributed by atoms with Gasteiger partial charge in [-0.25, -0.2) is 4.98 Å². The number of nitrogens with one attached hydrogen (secondary N) is 1. The third-order valence-corrected chi connectivity index (χ3v) is 2.77. The maximum atomic E-state index is 5.63. The van der Waals surface area contributed by atoms with Gasteiger partial charge in [0.05, 0.1) is 0 Å². The molecule has 0 saturated heterocycles. The predicted octanol–water partition coefficient (Wildman–Crippen LogP) is 0.199. The molecule has 2 aromatic rings. The number of thioether (sulfide) groups is 1. The van der Waals surface area contributed by atoms with E-state index in [0.29, 0.717) is 11.9 Å². The molecule has 0 amide bonds. The van der Waals surface area contributed by atoms with Gasteiger partial charge in [-0.05, 0) is 18.4 Å². The number of hydrogen-bond acceptors (Lipinski definition) is 8. The molecule has 0 unspecified atom stereocenters. The van der Waals surface area contributed by atoms with E-state index in [1.165, 1.54) is 17.3 Å². The molecule has 0 spiro atoms. The minimum atomic E-state index is 0.155. The SMILES string of the molecule is CSCCCNc1nc(N)nc(-n2cncn2)n1. The molecule has 0 radical (unpaired) electrons. The van der Waals surface area contributed by atoms with Crippen molar-refractivity contribution in [3.63, 3.8) is 0 Å². The molecule has 0 bridgehead atoms. The van der Waals surface area contributed by atoms with Crippen LogP contribution < -0.4 is 11.1 Å². The van der Waals surface area contributed by atoms with Gasteiger partial charge in [-0.2, -0.15) is 36.5 Å². The molecule has 3 N–H and O–H groups in total. The monoisotopic (exact) mass is 266 g/mol. The van der Waals surface area contributed by atoms with E-state index in [0.717, 1.165) is 18.7 Å². The zero-order valence-electron chi connectivity index (χ0n) is 9.94. The van der Waals surface area contributed by atoms with Crippen molar-refractivity contribution < 1.29 is 0 Å². The fraction of sp³-hybridized carbons (Fsp3) is 0.444. The summed E-state index contributed by atoms with van der Waals surface area (Å²) in [6.45, 7) is 0.793. The van der Waals surface area contributed by atoms with Crippen molar-refractivity contribution in [1.29, 1.82) is 0 Å². The number of anilines is 2. The fourth-order valence-corrected chi connectivity index (χ4v) is 1.72. The summed E-state index contributed by atoms with van der Waals surface area (Å²) in [5.74, 6) is 2.05. The van der Waals surface area contributed by atoms with Crippen LogP contribution >= 0.6 is 11.8 Å². The van der Waals surface area contributed by atoms with E-state index < -0.39 is 0 Å². The Labute approximate surface area is 108 Å². The van der Waals surface area contributed by atoms with Crippen LogP contribution in [0.15, 0.2) is 12.7 Å². The Hall–Kier alpha value is -1.90. The number of nitrogen functional groups attached to an aromatic ring is 1. The van der Waals surface area contributed by atoms with Crippen LogP contribution in [0.25, 0.3) is 5.95 Å². The van der Waals surface area contributed by atoms with E-state index in [2.05, 4.69) is 36.6 Å². The zero-order valence-corrected chi connectivity index (χ0v) is 10.8. The van der Waals surface area contributed by atoms with Gasteiger partial charge >= 0.3 is 0 Å². The molecule has 2 heterocycles. The van der Waals surface area contributed by atoms with E-state index in [9.17, 15) is 0 Å². The van der Waals surface area contributed by atoms with E-state index in [-0.39, 0.29) is 5.95 Å². The molecule has 0 fully saturated rings. The Morgan fingerprint density at radius 3 is 3.00 bits per heavy atom. The molecular weight excluding hydrogens is 252 g/mol. The van der Waals surface area contributed by atoms with E-state index in [1.54, 1.807) is 11.8 Å². The van der Waals surface area contributed by atoms with Gasteiger partial charge in [0.1, 0.15) is 12.7 Å². The average Bonchev–Trinajstić information content (AvgIpc) is 2.88. The number of rotatable bonds is 6. The maximum absolute atomic E-state index is 5.63. The molecule has 2 rings (SSSR count). The Balaban J connectivity index is 2.07. The molecule has 2 aromatic heterocycles. The topological polar surface area (TPSA) is 107 Å². The highest BCUT2D eigenvalue weighted by Crippen LogP contribution is 2.06. The lowest BCUT2D eigenvalue weighted by atomic mass is 10.5. The molecule has 8 nitrogen and oxygen atoms in total. The van der Waals surface area contributed by atoms with Crippen LogP contribution in [-0.2, 0) is 0 Å². The minimum Gasteiger partial charge on any atom is -0.368 e. The van der Waals surface area contributed by atoms with Crippen LogP contribution in [0, 0.1) is 0 Å². The van der Waals surface area contributed by atoms with Crippen molar-refractivity contribution >= 4 is 23.7 Å². The molecule has 96 valence electrons. The van der Waals surface area contributed by atoms with E-state index in [4.69, 9.17) is 5.73 Å². The molecule has 0 aliphatic carbocycles. The van der Waals surface area contributed by atoms with Crippen molar-refractivity contribution in [3.8, 4) is 5.95 Å². The van der Waals surface area contributed by atoms with Crippen molar-refractivity contribution in [2.24, 2.45) is 0 Å². The van der Waals surface area contributed by atoms with Gasteiger partial charge in [0.2, 0.25) is 11.9 Å². The third kappa shape index (κ3) is 3.29. The Kier molecular flexibility index (Phi) is 4.29. The largest absolute Gasteiger partial charge is 0.368 e. The van der Waals surface area contributed by atoms with Gasteiger partial charge < -0.3 is 11.1 Å². The molecule has 0 atom stereocenters. The number of hydrogen-bond donors (Lipinski definition) is 2. The lowest BCUT2D eigenvalue weighted by Crippen LogP contribution is -2.12. The fourth-order valence-electron chi connectivity index (χ4n) is 1.29. The van der Waals surface area contributed by atoms with Gasteiger partial charge in [-0.1, -0.05) is 0 Å². The van der Waals surface area contributed by atoms with Crippen LogP contribution in [0.3, 0.4) is 0 Å². The first-order chi connectivity index (χ1) is 8.79. The molecular formula is C9H14N8S. The molecule has 0 aliphatic rings. The van der Waals surface area contributed by atoms with Crippen molar-refractivity contribution in [2.75, 3.05) is 29.6 Å². The molecule has 0 saturated carbocycles. The first kappa shape index (κ1) is 12.6. The summed E-state index contributed by atoms with van der Waals surface area (Å²) in [5.41, 5.74) is 5.63. The summed E-state index contributed by atoms with van der Waals surface area (Å²) in [6.07, 6.45) is 6.02. The van der Waals surface area contributed by atoms with Crippen LogP contribution in [-0.4, -0.2) is 48.3 Å². The maximum Gasteiger partial charge on any atom is 0.258 e. The second kappa shape index (κ2) is 6.15. The summed E-state index contributed by atoms with van der Waals surface area (Å²) in [5, 5.41) is 7.05. The summed E-state index contributed by atoms with van der Waals surface area (Å²) < 4.78 is 1.44. The van der Waals surface area contributed by atoms with Crippen LogP contribution in [0.2, 0.25) is 0 Å². The third-order valence-electron chi connectivity index (χ3n) is 2.07. The average molecular weight is 266 g/mol. The first-order valence-electron chi connectivity index (χ1n) is 5.39. The van der Waals surface area contributed by atoms with Gasteiger partial charge in [0, 0.05) is 6.54 Å². The Morgan fingerprint density at radius 1 is 1.39 bits per heavy atom. The highest BCUT2D eigenvalue weighted by molar-refractivity contribution is 7.98. The highest BCUT2D eigenvalue weighted by atomic mass is 32.2. The van der Waals surface area contributed by atoms with Crippen molar-refractivity contribution in [2.45, 2.75) is 6.42 Å². The summed E-state index contributed by atoms with van der Waals surface area (Å²) in [6, 6.07) is 0. The van der Waals surface area contributed by atoms with Crippen LogP contribution in [0.5, 0.6) is 0 Å². The zero-order chi connectivity index (χ0) is 12.8. The summed E-state index contributed by atoms with van der Waals surface area (Å²) >= 11 is 1.80. The lowest BCUT2D eigenvalue weighted by Gasteiger charge is -2.06. The number of nitrogens with two attached hydrogens (primary N) is 1. The first-order valence-corrected chi connectivity index (χ1v) is 6.78. The summed E-state index contributed by atoms with van der Waals surface area (Å²) in [4.78, 5) is 16.1. The minimum absolute atomic E-state index is 0.155. The Bertz CT molecular complexity index is 485. The number of nitrogens with zero attached hydrogens (tertiary/aromatic N) is 6. The number of aromatic nitrogens is 6. The van der Waals surface area contributed by atoms with E-state index in [1.807, 2.05) is 0 Å². The van der Waals surface area contributed by atoms with Gasteiger partial charge in [-0.3, -0.25) is 0 Å². The molecule has 9 heteroatoms. The van der Waals surface area contributed by atoms with E-state index >= 15 is 0 Å². The standard InChI is InChI=1S/C9H14N8S/c1-18-4-2-3-12-8-14-7(10)15-9(16-8)17-6-11-5-13-17/h5-6H,2-4H2,1H3,(H3,10,12,14,15,16). The van der Waals surface area contributed by atoms with Crippen LogP contribution in [0.4, 0.5) is 11.9 Å². The lowest BCUT2D eigenvalue weighted by molar-refractivity contribution is 0.796. The molecule has 0 aliphatic heterocycles. The van der Waals surface area contributed by atoms with Crippen molar-refractivity contribution in [3.05, 3.63) is 12.7 Å². The van der Waals surface area contributed by atoms with Crippen molar-refractivity contribution in [1.82, 2.24) is 29.7 Å².